The zero-order chi connectivity index (χ0) is 30.1. The minimum atomic E-state index is -0.940. The lowest BCUT2D eigenvalue weighted by Crippen LogP contribution is -2.47. The molecule has 41 heavy (non-hydrogen) atoms. The highest BCUT2D eigenvalue weighted by molar-refractivity contribution is 5.98. The van der Waals surface area contributed by atoms with Gasteiger partial charge in [-0.25, -0.2) is 4.79 Å². The van der Waals surface area contributed by atoms with E-state index in [1.165, 1.54) is 0 Å². The summed E-state index contributed by atoms with van der Waals surface area (Å²) in [4.78, 5) is 31.2. The molecule has 2 aromatic rings. The molecule has 1 amide bonds. The number of anilines is 1. The molecule has 0 unspecified atom stereocenters. The maximum absolute atomic E-state index is 14.1. The van der Waals surface area contributed by atoms with Crippen molar-refractivity contribution >= 4 is 17.6 Å². The molecule has 0 bridgehead atoms. The molecular formula is C32H47N3O6. The van der Waals surface area contributed by atoms with Crippen LogP contribution in [0.5, 0.6) is 5.75 Å². The number of benzene rings is 2. The summed E-state index contributed by atoms with van der Waals surface area (Å²) in [6.45, 7) is 8.11. The predicted molar refractivity (Wildman–Crippen MR) is 161 cm³/mol. The van der Waals surface area contributed by atoms with E-state index in [2.05, 4.69) is 11.8 Å². The van der Waals surface area contributed by atoms with Gasteiger partial charge in [0, 0.05) is 51.9 Å². The summed E-state index contributed by atoms with van der Waals surface area (Å²) in [5.41, 5.74) is 2.67. The Morgan fingerprint density at radius 2 is 1.80 bits per heavy atom. The number of ether oxygens (including phenoxy) is 2. The van der Waals surface area contributed by atoms with Crippen LogP contribution >= 0.6 is 0 Å². The fraction of sp³-hybridized carbons (Fsp3) is 0.562. The topological polar surface area (TPSA) is 103 Å². The van der Waals surface area contributed by atoms with Crippen LogP contribution in [-0.2, 0) is 11.3 Å². The molecule has 0 saturated heterocycles. The van der Waals surface area contributed by atoms with Gasteiger partial charge in [-0.05, 0) is 76.1 Å². The number of amides is 1. The molecule has 9 heteroatoms. The van der Waals surface area contributed by atoms with Crippen LogP contribution in [0.1, 0.15) is 66.3 Å². The number of carbonyl (C=O) groups excluding carboxylic acids is 1. The average Bonchev–Trinajstić information content (AvgIpc) is 2.94. The Morgan fingerprint density at radius 3 is 2.44 bits per heavy atom. The van der Waals surface area contributed by atoms with E-state index in [0.29, 0.717) is 37.6 Å². The Morgan fingerprint density at radius 1 is 1.10 bits per heavy atom. The quantitative estimate of drug-likeness (QED) is 0.483. The highest BCUT2D eigenvalue weighted by atomic mass is 16.5. The Balaban J connectivity index is 1.87. The van der Waals surface area contributed by atoms with Crippen molar-refractivity contribution in [2.45, 2.75) is 64.8 Å². The molecule has 1 aliphatic heterocycles. The first-order valence-corrected chi connectivity index (χ1v) is 14.5. The number of fused-ring (bicyclic) bond motifs is 1. The highest BCUT2D eigenvalue weighted by Gasteiger charge is 2.30. The lowest BCUT2D eigenvalue weighted by molar-refractivity contribution is -0.0177. The number of hydrogen-bond donors (Lipinski definition) is 2. The van der Waals surface area contributed by atoms with Gasteiger partial charge in [0.05, 0.1) is 36.0 Å². The fourth-order valence-electron chi connectivity index (χ4n) is 5.09. The summed E-state index contributed by atoms with van der Waals surface area (Å²) in [5, 5.41) is 19.3. The molecule has 0 saturated carbocycles. The summed E-state index contributed by atoms with van der Waals surface area (Å²) < 4.78 is 12.7. The van der Waals surface area contributed by atoms with Gasteiger partial charge in [-0.15, -0.1) is 0 Å². The summed E-state index contributed by atoms with van der Waals surface area (Å²) in [5.74, 6) is -0.570. The van der Waals surface area contributed by atoms with Gasteiger partial charge in [0.15, 0.2) is 0 Å². The van der Waals surface area contributed by atoms with Crippen LogP contribution in [0.15, 0.2) is 42.5 Å². The van der Waals surface area contributed by atoms with Crippen molar-refractivity contribution in [2.75, 3.05) is 52.3 Å². The molecule has 3 rings (SSSR count). The van der Waals surface area contributed by atoms with Gasteiger partial charge >= 0.3 is 5.97 Å². The van der Waals surface area contributed by atoms with Crippen LogP contribution in [0.4, 0.5) is 5.69 Å². The fourth-order valence-corrected chi connectivity index (χ4v) is 5.09. The van der Waals surface area contributed by atoms with Crippen molar-refractivity contribution in [3.8, 4) is 5.75 Å². The number of rotatable bonds is 8. The molecule has 0 aliphatic carbocycles. The van der Waals surface area contributed by atoms with Crippen LogP contribution < -0.4 is 9.64 Å². The predicted octanol–water partition coefficient (Wildman–Crippen LogP) is 4.38. The molecule has 2 N–H and O–H groups in total. The van der Waals surface area contributed by atoms with Crippen LogP contribution in [0.3, 0.4) is 0 Å². The van der Waals surface area contributed by atoms with E-state index in [1.807, 2.05) is 70.2 Å². The lowest BCUT2D eigenvalue weighted by Gasteiger charge is -2.36. The van der Waals surface area contributed by atoms with Crippen molar-refractivity contribution < 1.29 is 29.3 Å². The number of carboxylic acid groups (broad SMARTS) is 1. The number of hydrogen-bond acceptors (Lipinski definition) is 7. The van der Waals surface area contributed by atoms with Gasteiger partial charge in [0.25, 0.3) is 5.91 Å². The SMILES string of the molecule is C[C@@H]1CCCCO[C@H](CN(C)Cc2ccc(C(=O)O)cc2)[C@@H](C)CN([C@H](C)CO)C(=O)c2cc(N(C)C)ccc2O1. The second kappa shape index (κ2) is 15.2. The van der Waals surface area contributed by atoms with Crippen LogP contribution in [0.25, 0.3) is 0 Å². The molecule has 1 aliphatic rings. The molecule has 0 fully saturated rings. The van der Waals surface area contributed by atoms with E-state index >= 15 is 0 Å². The van der Waals surface area contributed by atoms with Crippen molar-refractivity contribution in [1.29, 1.82) is 0 Å². The Labute approximate surface area is 244 Å². The van der Waals surface area contributed by atoms with Crippen LogP contribution in [-0.4, -0.2) is 97.6 Å². The minimum absolute atomic E-state index is 0.0203. The van der Waals surface area contributed by atoms with Gasteiger partial charge in [0.1, 0.15) is 5.75 Å². The summed E-state index contributed by atoms with van der Waals surface area (Å²) in [7, 11) is 5.89. The summed E-state index contributed by atoms with van der Waals surface area (Å²) in [6, 6.07) is 12.2. The Hall–Kier alpha value is -3.14. The minimum Gasteiger partial charge on any atom is -0.490 e. The third-order valence-electron chi connectivity index (χ3n) is 7.70. The molecular weight excluding hydrogens is 522 g/mol. The molecule has 4 atom stereocenters. The van der Waals surface area contributed by atoms with Crippen molar-refractivity contribution in [2.24, 2.45) is 5.92 Å². The standard InChI is InChI=1S/C32H47N3O6/c1-22-18-35(23(2)21-36)31(37)28-17-27(33(4)5)14-15-29(28)41-24(3)9-7-8-16-40-30(22)20-34(6)19-25-10-12-26(13-11-25)32(38)39/h10-15,17,22-24,30,36H,7-9,16,18-21H2,1-6H3,(H,38,39)/t22-,23+,24+,30+/m0/s1. The van der Waals surface area contributed by atoms with Crippen molar-refractivity contribution in [3.63, 3.8) is 0 Å². The molecule has 0 spiro atoms. The Bertz CT molecular complexity index is 1140. The summed E-state index contributed by atoms with van der Waals surface area (Å²) in [6.07, 6.45) is 2.48. The van der Waals surface area contributed by atoms with E-state index in [1.54, 1.807) is 17.0 Å². The number of carboxylic acids is 1. The number of aliphatic hydroxyl groups is 1. The molecule has 9 nitrogen and oxygen atoms in total. The smallest absolute Gasteiger partial charge is 0.335 e. The second-order valence-electron chi connectivity index (χ2n) is 11.6. The zero-order valence-electron chi connectivity index (χ0n) is 25.4. The monoisotopic (exact) mass is 569 g/mol. The molecule has 226 valence electrons. The zero-order valence-corrected chi connectivity index (χ0v) is 25.4. The molecule has 0 aromatic heterocycles. The Kier molecular flexibility index (Phi) is 12.0. The first kappa shape index (κ1) is 32.4. The number of likely N-dealkylation sites (N-methyl/N-ethyl adjacent to an activating group) is 1. The van der Waals surface area contributed by atoms with Gasteiger partial charge in [-0.2, -0.15) is 0 Å². The van der Waals surface area contributed by atoms with Crippen molar-refractivity contribution in [1.82, 2.24) is 9.80 Å². The van der Waals surface area contributed by atoms with E-state index in [-0.39, 0.29) is 36.2 Å². The third kappa shape index (κ3) is 9.18. The molecule has 1 heterocycles. The van der Waals surface area contributed by atoms with E-state index in [4.69, 9.17) is 9.47 Å². The average molecular weight is 570 g/mol. The van der Waals surface area contributed by atoms with Crippen LogP contribution in [0.2, 0.25) is 0 Å². The van der Waals surface area contributed by atoms with Crippen LogP contribution in [0, 0.1) is 5.92 Å². The van der Waals surface area contributed by atoms with E-state index in [0.717, 1.165) is 30.5 Å². The lowest BCUT2D eigenvalue weighted by atomic mass is 10.0. The van der Waals surface area contributed by atoms with E-state index in [9.17, 15) is 19.8 Å². The number of aliphatic hydroxyl groups excluding tert-OH is 1. The maximum atomic E-state index is 14.1. The van der Waals surface area contributed by atoms with Gasteiger partial charge in [-0.1, -0.05) is 19.1 Å². The number of aromatic carboxylic acids is 1. The third-order valence-corrected chi connectivity index (χ3v) is 7.70. The normalized spacial score (nSPS) is 21.5. The first-order valence-electron chi connectivity index (χ1n) is 14.5. The van der Waals surface area contributed by atoms with Gasteiger partial charge in [0.2, 0.25) is 0 Å². The molecule has 2 aromatic carbocycles. The molecule has 0 radical (unpaired) electrons. The van der Waals surface area contributed by atoms with Gasteiger partial charge < -0.3 is 29.5 Å². The highest BCUT2D eigenvalue weighted by Crippen LogP contribution is 2.29. The number of carbonyl (C=O) groups is 2. The first-order chi connectivity index (χ1) is 19.5. The van der Waals surface area contributed by atoms with Gasteiger partial charge in [-0.3, -0.25) is 9.69 Å². The van der Waals surface area contributed by atoms with Crippen molar-refractivity contribution in [3.05, 3.63) is 59.2 Å². The number of nitrogens with zero attached hydrogens (tertiary/aromatic N) is 3. The van der Waals surface area contributed by atoms with E-state index < -0.39 is 12.0 Å². The summed E-state index contributed by atoms with van der Waals surface area (Å²) >= 11 is 0. The maximum Gasteiger partial charge on any atom is 0.335 e. The second-order valence-corrected chi connectivity index (χ2v) is 11.6. The largest absolute Gasteiger partial charge is 0.490 e.